The van der Waals surface area contributed by atoms with Gasteiger partial charge in [-0.2, -0.15) is 0 Å². The molecule has 0 heterocycles. The quantitative estimate of drug-likeness (QED) is 0.800. The van der Waals surface area contributed by atoms with Crippen LogP contribution in [-0.2, 0) is 16.0 Å². The highest BCUT2D eigenvalue weighted by atomic mass is 16.5. The Morgan fingerprint density at radius 2 is 1.76 bits per heavy atom. The molecule has 0 spiro atoms. The molecule has 5 nitrogen and oxygen atoms in total. The average molecular weight is 343 g/mol. The Labute approximate surface area is 148 Å². The Bertz CT molecular complexity index is 715. The molecule has 0 aliphatic rings. The van der Waals surface area contributed by atoms with Crippen molar-refractivity contribution in [1.29, 1.82) is 0 Å². The fourth-order valence-corrected chi connectivity index (χ4v) is 2.71. The highest BCUT2D eigenvalue weighted by molar-refractivity contribution is 5.78. The van der Waals surface area contributed by atoms with Gasteiger partial charge in [0.25, 0.3) is 0 Å². The zero-order valence-electron chi connectivity index (χ0n) is 15.2. The Morgan fingerprint density at radius 3 is 2.40 bits per heavy atom. The summed E-state index contributed by atoms with van der Waals surface area (Å²) in [6, 6.07) is 13.5. The zero-order chi connectivity index (χ0) is 18.2. The number of carbonyl (C=O) groups excluding carboxylic acids is 1. The van der Waals surface area contributed by atoms with Crippen LogP contribution in [0, 0.1) is 6.92 Å². The second kappa shape index (κ2) is 9.08. The largest absolute Gasteiger partial charge is 0.493 e. The van der Waals surface area contributed by atoms with Crippen LogP contribution in [0.4, 0.5) is 0 Å². The maximum Gasteiger partial charge on any atom is 0.224 e. The summed E-state index contributed by atoms with van der Waals surface area (Å²) in [5.41, 5.74) is 3.08. The van der Waals surface area contributed by atoms with E-state index in [1.807, 2.05) is 43.3 Å². The van der Waals surface area contributed by atoms with Crippen LogP contribution >= 0.6 is 0 Å². The topological polar surface area (TPSA) is 56.8 Å². The van der Waals surface area contributed by atoms with Crippen LogP contribution in [0.2, 0.25) is 0 Å². The first-order valence-corrected chi connectivity index (χ1v) is 8.15. The number of hydrogen-bond donors (Lipinski definition) is 1. The second-order valence-electron chi connectivity index (χ2n) is 5.75. The third kappa shape index (κ3) is 4.97. The Kier molecular flexibility index (Phi) is 6.83. The van der Waals surface area contributed by atoms with Crippen molar-refractivity contribution in [3.63, 3.8) is 0 Å². The van der Waals surface area contributed by atoms with Crippen LogP contribution in [-0.4, -0.2) is 33.8 Å². The van der Waals surface area contributed by atoms with Crippen molar-refractivity contribution in [3.05, 3.63) is 59.2 Å². The van der Waals surface area contributed by atoms with Crippen LogP contribution in [0.5, 0.6) is 11.5 Å². The van der Waals surface area contributed by atoms with E-state index in [4.69, 9.17) is 14.2 Å². The molecular formula is C20H25NO4. The third-order valence-corrected chi connectivity index (χ3v) is 4.12. The summed E-state index contributed by atoms with van der Waals surface area (Å²) in [4.78, 5) is 12.3. The number of aryl methyl sites for hydroxylation is 1. The van der Waals surface area contributed by atoms with E-state index in [1.54, 1.807) is 27.4 Å². The van der Waals surface area contributed by atoms with Crippen molar-refractivity contribution in [3.8, 4) is 11.5 Å². The summed E-state index contributed by atoms with van der Waals surface area (Å²) >= 11 is 0. The van der Waals surface area contributed by atoms with E-state index in [1.165, 1.54) is 0 Å². The highest BCUT2D eigenvalue weighted by Crippen LogP contribution is 2.27. The van der Waals surface area contributed by atoms with Gasteiger partial charge in [0.2, 0.25) is 5.91 Å². The monoisotopic (exact) mass is 343 g/mol. The van der Waals surface area contributed by atoms with Gasteiger partial charge in [-0.05, 0) is 35.7 Å². The van der Waals surface area contributed by atoms with Crippen molar-refractivity contribution < 1.29 is 19.0 Å². The first-order valence-electron chi connectivity index (χ1n) is 8.15. The molecule has 0 fully saturated rings. The number of amides is 1. The van der Waals surface area contributed by atoms with Gasteiger partial charge in [-0.25, -0.2) is 0 Å². The molecular weight excluding hydrogens is 318 g/mol. The van der Waals surface area contributed by atoms with Crippen molar-refractivity contribution >= 4 is 5.91 Å². The third-order valence-electron chi connectivity index (χ3n) is 4.12. The molecule has 1 atom stereocenters. The SMILES string of the molecule is COc1ccc(CC(=O)NCC(OC)c2ccccc2C)cc1OC. The molecule has 2 aromatic rings. The van der Waals surface area contributed by atoms with E-state index in [9.17, 15) is 4.79 Å². The molecule has 0 saturated heterocycles. The summed E-state index contributed by atoms with van der Waals surface area (Å²) in [7, 11) is 4.81. The number of rotatable bonds is 8. The molecule has 2 rings (SSSR count). The fraction of sp³-hybridized carbons (Fsp3) is 0.350. The minimum absolute atomic E-state index is 0.0668. The molecule has 1 amide bonds. The smallest absolute Gasteiger partial charge is 0.224 e. The minimum atomic E-state index is -0.171. The number of benzene rings is 2. The number of ether oxygens (including phenoxy) is 3. The molecule has 5 heteroatoms. The van der Waals surface area contributed by atoms with E-state index in [2.05, 4.69) is 5.32 Å². The van der Waals surface area contributed by atoms with Gasteiger partial charge in [-0.3, -0.25) is 4.79 Å². The van der Waals surface area contributed by atoms with Gasteiger partial charge in [0, 0.05) is 13.7 Å². The Hall–Kier alpha value is -2.53. The lowest BCUT2D eigenvalue weighted by molar-refractivity contribution is -0.121. The molecule has 0 radical (unpaired) electrons. The van der Waals surface area contributed by atoms with E-state index in [0.717, 1.165) is 16.7 Å². The number of nitrogens with one attached hydrogen (secondary N) is 1. The van der Waals surface area contributed by atoms with Crippen molar-refractivity contribution in [1.82, 2.24) is 5.32 Å². The fourth-order valence-electron chi connectivity index (χ4n) is 2.71. The van der Waals surface area contributed by atoms with Gasteiger partial charge in [0.05, 0.1) is 26.7 Å². The van der Waals surface area contributed by atoms with Crippen LogP contribution in [0.1, 0.15) is 22.8 Å². The van der Waals surface area contributed by atoms with Crippen LogP contribution < -0.4 is 14.8 Å². The molecule has 1 unspecified atom stereocenters. The summed E-state index contributed by atoms with van der Waals surface area (Å²) in [5.74, 6) is 1.19. The normalized spacial score (nSPS) is 11.7. The van der Waals surface area contributed by atoms with Gasteiger partial charge in [0.1, 0.15) is 0 Å². The lowest BCUT2D eigenvalue weighted by Crippen LogP contribution is -2.30. The summed E-state index contributed by atoms with van der Waals surface area (Å²) in [6.07, 6.45) is 0.0976. The maximum absolute atomic E-state index is 12.3. The lowest BCUT2D eigenvalue weighted by atomic mass is 10.0. The summed E-state index contributed by atoms with van der Waals surface area (Å²) in [5, 5.41) is 2.94. The van der Waals surface area contributed by atoms with Gasteiger partial charge in [-0.1, -0.05) is 30.3 Å². The Morgan fingerprint density at radius 1 is 1.04 bits per heavy atom. The minimum Gasteiger partial charge on any atom is -0.493 e. The molecule has 0 aliphatic carbocycles. The van der Waals surface area contributed by atoms with Gasteiger partial charge in [0.15, 0.2) is 11.5 Å². The predicted octanol–water partition coefficient (Wildman–Crippen LogP) is 3.06. The van der Waals surface area contributed by atoms with Crippen molar-refractivity contribution in [2.45, 2.75) is 19.4 Å². The lowest BCUT2D eigenvalue weighted by Gasteiger charge is -2.18. The number of carbonyl (C=O) groups is 1. The van der Waals surface area contributed by atoms with E-state index >= 15 is 0 Å². The van der Waals surface area contributed by atoms with Crippen LogP contribution in [0.25, 0.3) is 0 Å². The Balaban J connectivity index is 1.97. The van der Waals surface area contributed by atoms with Crippen molar-refractivity contribution in [2.24, 2.45) is 0 Å². The molecule has 0 aliphatic heterocycles. The predicted molar refractivity (Wildman–Crippen MR) is 97.2 cm³/mol. The molecule has 2 aromatic carbocycles. The van der Waals surface area contributed by atoms with Crippen LogP contribution in [0.15, 0.2) is 42.5 Å². The standard InChI is InChI=1S/C20H25NO4/c1-14-7-5-6-8-16(14)19(25-4)13-21-20(22)12-15-9-10-17(23-2)18(11-15)24-3/h5-11,19H,12-13H2,1-4H3,(H,21,22). The van der Waals surface area contributed by atoms with Gasteiger partial charge in [-0.15, -0.1) is 0 Å². The summed E-state index contributed by atoms with van der Waals surface area (Å²) in [6.45, 7) is 2.46. The molecule has 0 saturated carbocycles. The molecule has 134 valence electrons. The van der Waals surface area contributed by atoms with E-state index < -0.39 is 0 Å². The van der Waals surface area contributed by atoms with Crippen molar-refractivity contribution in [2.75, 3.05) is 27.9 Å². The second-order valence-corrected chi connectivity index (χ2v) is 5.75. The number of hydrogen-bond acceptors (Lipinski definition) is 4. The van der Waals surface area contributed by atoms with E-state index in [-0.39, 0.29) is 18.4 Å². The maximum atomic E-state index is 12.3. The first kappa shape index (κ1) is 18.8. The molecule has 25 heavy (non-hydrogen) atoms. The average Bonchev–Trinajstić information content (AvgIpc) is 2.63. The highest BCUT2D eigenvalue weighted by Gasteiger charge is 2.14. The summed E-state index contributed by atoms with van der Waals surface area (Å²) < 4.78 is 16.0. The van der Waals surface area contributed by atoms with Gasteiger partial charge < -0.3 is 19.5 Å². The number of methoxy groups -OCH3 is 3. The van der Waals surface area contributed by atoms with Gasteiger partial charge >= 0.3 is 0 Å². The molecule has 1 N–H and O–H groups in total. The van der Waals surface area contributed by atoms with E-state index in [0.29, 0.717) is 18.0 Å². The molecule has 0 aromatic heterocycles. The first-order chi connectivity index (χ1) is 12.1. The molecule has 0 bridgehead atoms. The zero-order valence-corrected chi connectivity index (χ0v) is 15.2. The van der Waals surface area contributed by atoms with Crippen LogP contribution in [0.3, 0.4) is 0 Å².